The lowest BCUT2D eigenvalue weighted by atomic mass is 9.89. The molecule has 0 radical (unpaired) electrons. The normalized spacial score (nSPS) is 26.7. The van der Waals surface area contributed by atoms with Gasteiger partial charge in [0.15, 0.2) is 0 Å². The van der Waals surface area contributed by atoms with Crippen molar-refractivity contribution in [1.82, 2.24) is 5.32 Å². The number of nitrogens with one attached hydrogen (secondary N) is 1. The van der Waals surface area contributed by atoms with Crippen LogP contribution in [0.15, 0.2) is 0 Å². The van der Waals surface area contributed by atoms with Gasteiger partial charge >= 0.3 is 0 Å². The Hall–Kier alpha value is -0.200. The van der Waals surface area contributed by atoms with Gasteiger partial charge in [0, 0.05) is 26.3 Å². The molecule has 0 aromatic heterocycles. The van der Waals surface area contributed by atoms with Crippen LogP contribution in [0.4, 0.5) is 0 Å². The van der Waals surface area contributed by atoms with Crippen LogP contribution >= 0.6 is 0 Å². The van der Waals surface area contributed by atoms with Crippen molar-refractivity contribution >= 4 is 0 Å². The number of methoxy groups -OCH3 is 1. The summed E-state index contributed by atoms with van der Waals surface area (Å²) >= 11 is 0. The Morgan fingerprint density at radius 2 is 2.06 bits per heavy atom. The Morgan fingerprint density at radius 1 is 1.33 bits per heavy atom. The zero-order chi connectivity index (χ0) is 13.4. The second kappa shape index (κ2) is 8.82. The highest BCUT2D eigenvalue weighted by atomic mass is 16.5. The smallest absolute Gasteiger partial charge is 0.0897 e. The second-order valence-electron chi connectivity index (χ2n) is 4.91. The number of hydrogen-bond acceptors (Lipinski definition) is 5. The molecule has 1 saturated carbocycles. The maximum atomic E-state index is 9.74. The first-order valence-corrected chi connectivity index (χ1v) is 6.79. The molecule has 1 fully saturated rings. The zero-order valence-corrected chi connectivity index (χ0v) is 11.7. The van der Waals surface area contributed by atoms with E-state index in [0.717, 1.165) is 19.4 Å². The molecule has 5 nitrogen and oxygen atoms in total. The van der Waals surface area contributed by atoms with Crippen LogP contribution in [-0.2, 0) is 14.2 Å². The standard InChI is InChI=1S/C13H27NO4/c1-4-17-13-5-11(6-13)14-7-12(15)9-18-10(2)8-16-3/h10-15H,4-9H2,1-3H3. The molecule has 0 spiro atoms. The summed E-state index contributed by atoms with van der Waals surface area (Å²) in [6, 6.07) is 0.479. The fraction of sp³-hybridized carbons (Fsp3) is 1.00. The quantitative estimate of drug-likeness (QED) is 0.601. The number of ether oxygens (including phenoxy) is 3. The monoisotopic (exact) mass is 261 g/mol. The summed E-state index contributed by atoms with van der Waals surface area (Å²) in [5.74, 6) is 0. The van der Waals surface area contributed by atoms with Crippen molar-refractivity contribution in [3.05, 3.63) is 0 Å². The molecule has 0 aromatic rings. The first kappa shape index (κ1) is 15.9. The number of rotatable bonds is 10. The lowest BCUT2D eigenvalue weighted by Gasteiger charge is -2.36. The van der Waals surface area contributed by atoms with Gasteiger partial charge in [-0.05, 0) is 26.7 Å². The van der Waals surface area contributed by atoms with Crippen molar-refractivity contribution in [2.24, 2.45) is 0 Å². The molecule has 2 atom stereocenters. The highest BCUT2D eigenvalue weighted by Gasteiger charge is 2.29. The van der Waals surface area contributed by atoms with Crippen molar-refractivity contribution in [3.8, 4) is 0 Å². The molecule has 1 aliphatic carbocycles. The molecule has 108 valence electrons. The maximum Gasteiger partial charge on any atom is 0.0897 e. The van der Waals surface area contributed by atoms with E-state index in [1.807, 2.05) is 13.8 Å². The van der Waals surface area contributed by atoms with E-state index in [1.54, 1.807) is 7.11 Å². The van der Waals surface area contributed by atoms with Crippen LogP contribution in [0, 0.1) is 0 Å². The number of hydrogen-bond donors (Lipinski definition) is 2. The van der Waals surface area contributed by atoms with E-state index in [2.05, 4.69) is 5.32 Å². The van der Waals surface area contributed by atoms with Crippen LogP contribution in [0.2, 0.25) is 0 Å². The summed E-state index contributed by atoms with van der Waals surface area (Å²) in [6.45, 7) is 6.21. The first-order chi connectivity index (χ1) is 8.65. The third-order valence-electron chi connectivity index (χ3n) is 3.11. The molecular formula is C13H27NO4. The number of aliphatic hydroxyl groups excluding tert-OH is 1. The highest BCUT2D eigenvalue weighted by Crippen LogP contribution is 2.22. The lowest BCUT2D eigenvalue weighted by Crippen LogP contribution is -2.48. The van der Waals surface area contributed by atoms with Gasteiger partial charge in [-0.25, -0.2) is 0 Å². The molecule has 0 heterocycles. The van der Waals surface area contributed by atoms with Gasteiger partial charge < -0.3 is 24.6 Å². The molecule has 0 amide bonds. The van der Waals surface area contributed by atoms with Gasteiger partial charge in [-0.2, -0.15) is 0 Å². The summed E-state index contributed by atoms with van der Waals surface area (Å²) in [6.07, 6.45) is 2.05. The van der Waals surface area contributed by atoms with Gasteiger partial charge in [0.1, 0.15) is 0 Å². The van der Waals surface area contributed by atoms with E-state index in [9.17, 15) is 5.11 Å². The summed E-state index contributed by atoms with van der Waals surface area (Å²) in [7, 11) is 1.64. The topological polar surface area (TPSA) is 60.0 Å². The van der Waals surface area contributed by atoms with Crippen LogP contribution in [-0.4, -0.2) is 62.9 Å². The Balaban J connectivity index is 1.96. The van der Waals surface area contributed by atoms with Crippen molar-refractivity contribution in [1.29, 1.82) is 0 Å². The van der Waals surface area contributed by atoms with E-state index in [4.69, 9.17) is 14.2 Å². The molecule has 2 unspecified atom stereocenters. The molecule has 0 bridgehead atoms. The minimum atomic E-state index is -0.463. The number of aliphatic hydroxyl groups is 1. The molecule has 5 heteroatoms. The summed E-state index contributed by atoms with van der Waals surface area (Å²) in [5, 5.41) is 13.1. The summed E-state index contributed by atoms with van der Waals surface area (Å²) < 4.78 is 15.9. The van der Waals surface area contributed by atoms with Crippen LogP contribution in [0.25, 0.3) is 0 Å². The van der Waals surface area contributed by atoms with Crippen LogP contribution in [0.1, 0.15) is 26.7 Å². The van der Waals surface area contributed by atoms with Gasteiger partial charge in [-0.3, -0.25) is 0 Å². The molecule has 0 aliphatic heterocycles. The molecule has 0 saturated heterocycles. The SMILES string of the molecule is CCOC1CC(NCC(O)COC(C)COC)C1. The third kappa shape index (κ3) is 6.11. The zero-order valence-electron chi connectivity index (χ0n) is 11.7. The predicted molar refractivity (Wildman–Crippen MR) is 69.7 cm³/mol. The van der Waals surface area contributed by atoms with Gasteiger partial charge in [-0.15, -0.1) is 0 Å². The fourth-order valence-corrected chi connectivity index (χ4v) is 2.02. The lowest BCUT2D eigenvalue weighted by molar-refractivity contribution is -0.0379. The minimum Gasteiger partial charge on any atom is -0.389 e. The van der Waals surface area contributed by atoms with E-state index < -0.39 is 6.10 Å². The van der Waals surface area contributed by atoms with E-state index in [1.165, 1.54) is 0 Å². The van der Waals surface area contributed by atoms with Crippen LogP contribution < -0.4 is 5.32 Å². The van der Waals surface area contributed by atoms with E-state index >= 15 is 0 Å². The van der Waals surface area contributed by atoms with Crippen molar-refractivity contribution in [3.63, 3.8) is 0 Å². The van der Waals surface area contributed by atoms with Crippen molar-refractivity contribution in [2.45, 2.75) is 51.0 Å². The average molecular weight is 261 g/mol. The minimum absolute atomic E-state index is 0.0238. The maximum absolute atomic E-state index is 9.74. The molecule has 2 N–H and O–H groups in total. The van der Waals surface area contributed by atoms with E-state index in [-0.39, 0.29) is 6.10 Å². The van der Waals surface area contributed by atoms with Gasteiger partial charge in [0.2, 0.25) is 0 Å². The Kier molecular flexibility index (Phi) is 7.77. The third-order valence-corrected chi connectivity index (χ3v) is 3.11. The highest BCUT2D eigenvalue weighted by molar-refractivity contribution is 4.86. The van der Waals surface area contributed by atoms with Crippen LogP contribution in [0.5, 0.6) is 0 Å². The summed E-state index contributed by atoms with van der Waals surface area (Å²) in [5.41, 5.74) is 0. The largest absolute Gasteiger partial charge is 0.389 e. The van der Waals surface area contributed by atoms with Crippen molar-refractivity contribution < 1.29 is 19.3 Å². The second-order valence-corrected chi connectivity index (χ2v) is 4.91. The predicted octanol–water partition coefficient (Wildman–Crippen LogP) is 0.556. The average Bonchev–Trinajstić information content (AvgIpc) is 2.29. The summed E-state index contributed by atoms with van der Waals surface area (Å²) in [4.78, 5) is 0. The Bertz CT molecular complexity index is 209. The van der Waals surface area contributed by atoms with Gasteiger partial charge in [0.25, 0.3) is 0 Å². The van der Waals surface area contributed by atoms with Gasteiger partial charge in [0.05, 0.1) is 31.5 Å². The first-order valence-electron chi connectivity index (χ1n) is 6.79. The Labute approximate surface area is 110 Å². The van der Waals surface area contributed by atoms with Crippen molar-refractivity contribution in [2.75, 3.05) is 33.5 Å². The molecule has 1 aliphatic rings. The fourth-order valence-electron chi connectivity index (χ4n) is 2.02. The Morgan fingerprint density at radius 3 is 2.67 bits per heavy atom. The van der Waals surface area contributed by atoms with E-state index in [0.29, 0.717) is 31.9 Å². The molecule has 18 heavy (non-hydrogen) atoms. The molecular weight excluding hydrogens is 234 g/mol. The van der Waals surface area contributed by atoms with Crippen LogP contribution in [0.3, 0.4) is 0 Å². The molecule has 1 rings (SSSR count). The van der Waals surface area contributed by atoms with Gasteiger partial charge in [-0.1, -0.05) is 0 Å². The molecule has 0 aromatic carbocycles.